The summed E-state index contributed by atoms with van der Waals surface area (Å²) in [4.78, 5) is 3.70. The molecule has 0 atom stereocenters. The lowest BCUT2D eigenvalue weighted by molar-refractivity contribution is 0.421. The molecule has 0 saturated carbocycles. The minimum Gasteiger partial charge on any atom is -0.344 e. The van der Waals surface area contributed by atoms with Crippen LogP contribution in [0.15, 0.2) is 10.9 Å². The zero-order valence-electron chi connectivity index (χ0n) is 3.96. The van der Waals surface area contributed by atoms with Gasteiger partial charge in [-0.25, -0.2) is 4.98 Å². The molecular weight excluding hydrogens is 90.9 g/mol. The van der Waals surface area contributed by atoms with Crippen molar-refractivity contribution in [2.45, 2.75) is 6.82 Å². The van der Waals surface area contributed by atoms with Crippen LogP contribution in [0, 0.1) is 0 Å². The van der Waals surface area contributed by atoms with Crippen molar-refractivity contribution < 1.29 is 4.52 Å². The predicted octanol–water partition coefficient (Wildman–Crippen LogP) is -0.553. The number of rotatable bonds is 1. The number of aromatic nitrogens is 2. The Morgan fingerprint density at radius 3 is 3.00 bits per heavy atom. The van der Waals surface area contributed by atoms with Crippen LogP contribution >= 0.6 is 0 Å². The SMILES string of the molecule is C[B]c1ncon1. The Hall–Kier alpha value is -0.795. The van der Waals surface area contributed by atoms with E-state index in [-0.39, 0.29) is 0 Å². The molecule has 1 aromatic heterocycles. The third kappa shape index (κ3) is 0.794. The third-order valence-electron chi connectivity index (χ3n) is 0.637. The molecule has 1 heterocycles. The minimum atomic E-state index is 0.639. The lowest BCUT2D eigenvalue weighted by Gasteiger charge is -1.70. The molecular formula is C3H4BN2O. The van der Waals surface area contributed by atoms with Gasteiger partial charge in [0.2, 0.25) is 13.7 Å². The average Bonchev–Trinajstić information content (AvgIpc) is 2.14. The second-order valence-electron chi connectivity index (χ2n) is 1.08. The van der Waals surface area contributed by atoms with E-state index in [0.29, 0.717) is 5.72 Å². The Kier molecular flexibility index (Phi) is 1.11. The van der Waals surface area contributed by atoms with Gasteiger partial charge in [0.25, 0.3) is 0 Å². The summed E-state index contributed by atoms with van der Waals surface area (Å²) in [6, 6.07) is 0. The fraction of sp³-hybridized carbons (Fsp3) is 0.333. The van der Waals surface area contributed by atoms with Crippen LogP contribution in [0.3, 0.4) is 0 Å². The molecule has 0 aliphatic carbocycles. The van der Waals surface area contributed by atoms with Gasteiger partial charge in [-0.1, -0.05) is 12.0 Å². The number of hydrogen-bond donors (Lipinski definition) is 0. The minimum absolute atomic E-state index is 0.639. The highest BCUT2D eigenvalue weighted by Gasteiger charge is 1.90. The zero-order chi connectivity index (χ0) is 5.11. The molecule has 0 amide bonds. The van der Waals surface area contributed by atoms with E-state index in [1.54, 1.807) is 7.28 Å². The van der Waals surface area contributed by atoms with Crippen molar-refractivity contribution in [3.63, 3.8) is 0 Å². The largest absolute Gasteiger partial charge is 0.344 e. The zero-order valence-corrected chi connectivity index (χ0v) is 3.96. The van der Waals surface area contributed by atoms with E-state index in [0.717, 1.165) is 0 Å². The first-order valence-corrected chi connectivity index (χ1v) is 1.99. The highest BCUT2D eigenvalue weighted by molar-refractivity contribution is 6.49. The maximum Gasteiger partial charge on any atom is 0.212 e. The van der Waals surface area contributed by atoms with Gasteiger partial charge in [-0.15, -0.1) is 0 Å². The molecule has 0 aromatic carbocycles. The second-order valence-corrected chi connectivity index (χ2v) is 1.08. The van der Waals surface area contributed by atoms with Gasteiger partial charge < -0.3 is 4.52 Å². The number of hydrogen-bond acceptors (Lipinski definition) is 3. The fourth-order valence-electron chi connectivity index (χ4n) is 0.306. The van der Waals surface area contributed by atoms with Crippen molar-refractivity contribution in [3.8, 4) is 0 Å². The van der Waals surface area contributed by atoms with Crippen LogP contribution in [-0.4, -0.2) is 17.4 Å². The van der Waals surface area contributed by atoms with Crippen molar-refractivity contribution in [1.82, 2.24) is 10.1 Å². The molecule has 0 unspecified atom stereocenters. The van der Waals surface area contributed by atoms with E-state index in [4.69, 9.17) is 0 Å². The number of nitrogens with zero attached hydrogens (tertiary/aromatic N) is 2. The molecule has 0 spiro atoms. The highest BCUT2D eigenvalue weighted by Crippen LogP contribution is 1.64. The van der Waals surface area contributed by atoms with E-state index in [1.807, 2.05) is 6.82 Å². The first kappa shape index (κ1) is 4.37. The Balaban J connectivity index is 2.76. The van der Waals surface area contributed by atoms with Crippen LogP contribution in [0.4, 0.5) is 0 Å². The molecule has 4 heteroatoms. The summed E-state index contributed by atoms with van der Waals surface area (Å²) < 4.78 is 4.41. The molecule has 3 nitrogen and oxygen atoms in total. The lowest BCUT2D eigenvalue weighted by Crippen LogP contribution is -2.13. The molecule has 0 aliphatic rings. The summed E-state index contributed by atoms with van der Waals surface area (Å²) in [6.07, 6.45) is 1.30. The molecule has 0 fully saturated rings. The highest BCUT2D eigenvalue weighted by atomic mass is 16.5. The quantitative estimate of drug-likeness (QED) is 0.439. The Morgan fingerprint density at radius 1 is 1.86 bits per heavy atom. The maximum absolute atomic E-state index is 4.41. The molecule has 0 aliphatic heterocycles. The molecule has 7 heavy (non-hydrogen) atoms. The summed E-state index contributed by atoms with van der Waals surface area (Å²) in [5.74, 6) is 0. The Bertz CT molecular complexity index is 127. The molecule has 1 radical (unpaired) electrons. The van der Waals surface area contributed by atoms with Crippen LogP contribution in [0.1, 0.15) is 0 Å². The summed E-state index contributed by atoms with van der Waals surface area (Å²) >= 11 is 0. The van der Waals surface area contributed by atoms with Gasteiger partial charge >= 0.3 is 0 Å². The van der Waals surface area contributed by atoms with Crippen molar-refractivity contribution >= 4 is 13.0 Å². The van der Waals surface area contributed by atoms with Crippen LogP contribution in [0.25, 0.3) is 0 Å². The van der Waals surface area contributed by atoms with Gasteiger partial charge in [-0.2, -0.15) is 0 Å². The van der Waals surface area contributed by atoms with Gasteiger partial charge in [-0.05, 0) is 0 Å². The van der Waals surface area contributed by atoms with Crippen molar-refractivity contribution in [2.75, 3.05) is 0 Å². The van der Waals surface area contributed by atoms with E-state index >= 15 is 0 Å². The smallest absolute Gasteiger partial charge is 0.212 e. The van der Waals surface area contributed by atoms with E-state index < -0.39 is 0 Å². The Morgan fingerprint density at radius 2 is 2.71 bits per heavy atom. The topological polar surface area (TPSA) is 38.9 Å². The standard InChI is InChI=1S/C3H4BN2O/c1-4-3-5-2-7-6-3/h2H,1H3. The first-order chi connectivity index (χ1) is 3.43. The van der Waals surface area contributed by atoms with Crippen LogP contribution in [0.5, 0.6) is 0 Å². The summed E-state index contributed by atoms with van der Waals surface area (Å²) in [7, 11) is 1.77. The van der Waals surface area contributed by atoms with Crippen molar-refractivity contribution in [3.05, 3.63) is 6.39 Å². The van der Waals surface area contributed by atoms with Crippen molar-refractivity contribution in [2.24, 2.45) is 0 Å². The summed E-state index contributed by atoms with van der Waals surface area (Å²) in [5.41, 5.74) is 0.639. The van der Waals surface area contributed by atoms with E-state index in [9.17, 15) is 0 Å². The summed E-state index contributed by atoms with van der Waals surface area (Å²) in [6.45, 7) is 1.85. The molecule has 0 N–H and O–H groups in total. The third-order valence-corrected chi connectivity index (χ3v) is 0.637. The molecule has 35 valence electrons. The van der Waals surface area contributed by atoms with E-state index in [2.05, 4.69) is 14.7 Å². The maximum atomic E-state index is 4.41. The van der Waals surface area contributed by atoms with Crippen LogP contribution < -0.4 is 5.72 Å². The van der Waals surface area contributed by atoms with Gasteiger partial charge in [0.05, 0.1) is 0 Å². The lowest BCUT2D eigenvalue weighted by atomic mass is 9.82. The second kappa shape index (κ2) is 1.77. The van der Waals surface area contributed by atoms with E-state index in [1.165, 1.54) is 6.39 Å². The predicted molar refractivity (Wildman–Crippen MR) is 25.5 cm³/mol. The molecule has 1 aromatic rings. The fourth-order valence-corrected chi connectivity index (χ4v) is 0.306. The molecule has 0 bridgehead atoms. The van der Waals surface area contributed by atoms with Crippen molar-refractivity contribution in [1.29, 1.82) is 0 Å². The van der Waals surface area contributed by atoms with Gasteiger partial charge in [0.15, 0.2) is 0 Å². The summed E-state index contributed by atoms with van der Waals surface area (Å²) in [5, 5.41) is 3.49. The molecule has 1 rings (SSSR count). The van der Waals surface area contributed by atoms with Gasteiger partial charge in [-0.3, -0.25) is 0 Å². The normalized spacial score (nSPS) is 8.71. The van der Waals surface area contributed by atoms with Crippen LogP contribution in [0.2, 0.25) is 6.82 Å². The Labute approximate surface area is 42.0 Å². The molecule has 0 saturated heterocycles. The van der Waals surface area contributed by atoms with Gasteiger partial charge in [0.1, 0.15) is 5.72 Å². The first-order valence-electron chi connectivity index (χ1n) is 1.99. The van der Waals surface area contributed by atoms with Gasteiger partial charge in [0, 0.05) is 0 Å². The van der Waals surface area contributed by atoms with Crippen LogP contribution in [-0.2, 0) is 0 Å². The monoisotopic (exact) mass is 95.0 g/mol. The average molecular weight is 94.9 g/mol.